The van der Waals surface area contributed by atoms with E-state index in [9.17, 15) is 0 Å². The van der Waals surface area contributed by atoms with Crippen LogP contribution < -0.4 is 9.84 Å². The molecule has 1 aromatic rings. The van der Waals surface area contributed by atoms with Crippen molar-refractivity contribution >= 4 is 5.97 Å². The number of aliphatic carboxylic acids is 1. The summed E-state index contributed by atoms with van der Waals surface area (Å²) < 4.78 is 4.79. The number of aliphatic hydroxyl groups is 3. The lowest BCUT2D eigenvalue weighted by atomic mass is 10.3. The second kappa shape index (κ2) is 15.9. The molecule has 0 bridgehead atoms. The first-order valence-electron chi connectivity index (χ1n) is 5.48. The largest absolute Gasteiger partial charge is 2.00 e. The van der Waals surface area contributed by atoms with Crippen LogP contribution in [-0.2, 0) is 10.3 Å². The van der Waals surface area contributed by atoms with E-state index in [0.717, 1.165) is 6.08 Å². The Morgan fingerprint density at radius 3 is 2.00 bits per heavy atom. The van der Waals surface area contributed by atoms with Crippen LogP contribution in [0.2, 0.25) is 0 Å². The average molecular weight is 303 g/mol. The zero-order valence-corrected chi connectivity index (χ0v) is 11.5. The molecule has 8 heteroatoms. The third-order valence-corrected chi connectivity index (χ3v) is 1.67. The third kappa shape index (κ3) is 15.8. The van der Waals surface area contributed by atoms with E-state index in [4.69, 9.17) is 35.1 Å². The van der Waals surface area contributed by atoms with Crippen molar-refractivity contribution in [1.82, 2.24) is 0 Å². The third-order valence-electron chi connectivity index (χ3n) is 1.67. The molecule has 0 fully saturated rings. The molecule has 0 saturated heterocycles. The van der Waals surface area contributed by atoms with Gasteiger partial charge < -0.3 is 40.5 Å². The highest BCUT2D eigenvalue weighted by Crippen LogP contribution is 2.22. The molecule has 1 rings (SSSR count). The molecule has 0 atom stereocenters. The van der Waals surface area contributed by atoms with Gasteiger partial charge in [-0.3, -0.25) is 0 Å². The molecule has 0 unspecified atom stereocenters. The maximum Gasteiger partial charge on any atom is 0.160 e. The zero-order valence-electron chi connectivity index (χ0n) is 11.5. The van der Waals surface area contributed by atoms with Crippen molar-refractivity contribution in [2.75, 3.05) is 20.3 Å². The molecular weight excluding hydrogens is 284 g/mol. The average Bonchev–Trinajstić information content (AvgIpc) is 2.48. The van der Waals surface area contributed by atoms with Crippen molar-refractivity contribution in [3.63, 3.8) is 0 Å². The second-order valence-electron chi connectivity index (χ2n) is 3.21. The minimum Gasteiger partial charge on any atom is -2.00 e. The number of para-hydroxylation sites is 2. The van der Waals surface area contributed by atoms with E-state index in [0.29, 0.717) is 5.75 Å². The molecule has 0 spiro atoms. The van der Waals surface area contributed by atoms with Gasteiger partial charge in [0.05, 0.1) is 26.3 Å². The number of carboxylic acids is 1. The molecule has 0 radical (unpaired) electrons. The van der Waals surface area contributed by atoms with Gasteiger partial charge in [-0.15, -0.1) is 0 Å². The fourth-order valence-corrected chi connectivity index (χ4v) is 0.688. The topological polar surface area (TPSA) is 159 Å². The van der Waals surface area contributed by atoms with Gasteiger partial charge in [-0.2, -0.15) is 0 Å². The Hall–Kier alpha value is -2.13. The highest BCUT2D eigenvalue weighted by molar-refractivity contribution is 5.76. The Bertz CT molecular complexity index is 376. The van der Waals surface area contributed by atoms with Crippen molar-refractivity contribution in [2.24, 2.45) is 0 Å². The van der Waals surface area contributed by atoms with Crippen molar-refractivity contribution < 1.29 is 40.5 Å². The van der Waals surface area contributed by atoms with E-state index >= 15 is 0 Å². The molecule has 1 aromatic carbocycles. The van der Waals surface area contributed by atoms with E-state index in [1.807, 2.05) is 0 Å². The molecule has 0 aromatic heterocycles. The number of phenols is 1. The Kier molecular flexibility index (Phi) is 18.1. The van der Waals surface area contributed by atoms with Crippen LogP contribution in [0, 0.1) is 0 Å². The Labute approximate surface area is 122 Å². The van der Waals surface area contributed by atoms with E-state index in [2.05, 4.69) is 6.58 Å². The summed E-state index contributed by atoms with van der Waals surface area (Å²) in [7, 11) is 1.52. The van der Waals surface area contributed by atoms with Gasteiger partial charge in [0.15, 0.2) is 11.5 Å². The van der Waals surface area contributed by atoms with Crippen LogP contribution in [-0.4, -0.2) is 52.8 Å². The lowest BCUT2D eigenvalue weighted by Crippen LogP contribution is -2.17. The smallest absolute Gasteiger partial charge is 0.160 e. The summed E-state index contributed by atoms with van der Waals surface area (Å²) in [4.78, 5) is 9.14. The number of methoxy groups -OCH3 is 1. The van der Waals surface area contributed by atoms with Crippen LogP contribution >= 0.6 is 0 Å². The molecule has 122 valence electrons. The highest BCUT2D eigenvalue weighted by atomic mass is 16.5. The fraction of sp³-hybridized carbons (Fsp3) is 0.308. The number of benzene rings is 1. The summed E-state index contributed by atoms with van der Waals surface area (Å²) in [6.45, 7) is 2.17. The van der Waals surface area contributed by atoms with E-state index < -0.39 is 12.1 Å². The summed E-state index contributed by atoms with van der Waals surface area (Å²) in [5.41, 5.74) is 0. The number of hydrogen-bond donors (Lipinski definition) is 4. The summed E-state index contributed by atoms with van der Waals surface area (Å²) in [5, 5.41) is 42.1. The summed E-state index contributed by atoms with van der Waals surface area (Å²) in [6.07, 6.45) is -0.231. The Balaban J connectivity index is -0.000000240. The summed E-state index contributed by atoms with van der Waals surface area (Å²) in [6, 6.07) is 6.84. The fourth-order valence-electron chi connectivity index (χ4n) is 0.688. The number of aliphatic hydroxyl groups excluding tert-OH is 3. The Morgan fingerprint density at radius 2 is 1.81 bits per heavy atom. The maximum absolute atomic E-state index is 9.14. The van der Waals surface area contributed by atoms with Crippen molar-refractivity contribution in [2.45, 2.75) is 6.10 Å². The number of aromatic hydroxyl groups is 1. The quantitative estimate of drug-likeness (QED) is 0.494. The lowest BCUT2D eigenvalue weighted by molar-refractivity contribution is -0.297. The van der Waals surface area contributed by atoms with Gasteiger partial charge >= 0.3 is 0 Å². The zero-order chi connectivity index (χ0) is 16.0. The number of rotatable bonds is 4. The van der Waals surface area contributed by atoms with Gasteiger partial charge in [-0.25, -0.2) is 0 Å². The van der Waals surface area contributed by atoms with Crippen LogP contribution in [0.25, 0.3) is 0 Å². The van der Waals surface area contributed by atoms with Crippen LogP contribution in [0.5, 0.6) is 11.5 Å². The maximum atomic E-state index is 9.14. The lowest BCUT2D eigenvalue weighted by Gasteiger charge is -2.00. The molecule has 0 amide bonds. The standard InChI is InChI=1S/C7H8O2.C3H8O3.C3H4O2.O/c1-9-7-5-3-2-4-6(7)8;4-1-3(6)2-5;1-2-3(4)5;/h2-5,8H,1H3;3-6H,1-2H2;2H,1H2,(H,4,5);/q;;;-2/p-1. The summed E-state index contributed by atoms with van der Waals surface area (Å²) in [5.74, 6) is -0.539. The number of carbonyl (C=O) groups is 1. The van der Waals surface area contributed by atoms with Crippen LogP contribution in [0.4, 0.5) is 0 Å². The minimum absolute atomic E-state index is 0. The molecule has 0 aliphatic carbocycles. The van der Waals surface area contributed by atoms with Gasteiger partial charge in [0.2, 0.25) is 0 Å². The number of ether oxygens (including phenoxy) is 1. The van der Waals surface area contributed by atoms with Gasteiger partial charge in [-0.05, 0) is 18.2 Å². The molecule has 0 heterocycles. The second-order valence-corrected chi connectivity index (χ2v) is 3.21. The number of carboxylic acid groups (broad SMARTS) is 1. The van der Waals surface area contributed by atoms with Gasteiger partial charge in [-0.1, -0.05) is 18.7 Å². The SMILES string of the molecule is C=CC(=O)[O-].COc1ccccc1O.OCC(O)CO.[O-2]. The van der Waals surface area contributed by atoms with Crippen molar-refractivity contribution in [1.29, 1.82) is 0 Å². The van der Waals surface area contributed by atoms with E-state index in [-0.39, 0.29) is 24.4 Å². The van der Waals surface area contributed by atoms with Gasteiger partial charge in [0.25, 0.3) is 0 Å². The molecule has 21 heavy (non-hydrogen) atoms. The van der Waals surface area contributed by atoms with Gasteiger partial charge in [0.1, 0.15) is 6.10 Å². The molecule has 4 N–H and O–H groups in total. The van der Waals surface area contributed by atoms with E-state index in [1.54, 1.807) is 24.3 Å². The van der Waals surface area contributed by atoms with Crippen molar-refractivity contribution in [3.05, 3.63) is 36.9 Å². The first-order valence-corrected chi connectivity index (χ1v) is 5.48. The minimum atomic E-state index is -1.23. The van der Waals surface area contributed by atoms with Gasteiger partial charge in [0, 0.05) is 0 Å². The van der Waals surface area contributed by atoms with Crippen LogP contribution in [0.15, 0.2) is 36.9 Å². The monoisotopic (exact) mass is 303 g/mol. The molecule has 0 saturated carbocycles. The normalized spacial score (nSPS) is 8.24. The van der Waals surface area contributed by atoms with Crippen molar-refractivity contribution in [3.8, 4) is 11.5 Å². The highest BCUT2D eigenvalue weighted by Gasteiger charge is 1.94. The Morgan fingerprint density at radius 1 is 1.38 bits per heavy atom. The predicted molar refractivity (Wildman–Crippen MR) is 70.7 cm³/mol. The number of carbonyl (C=O) groups excluding carboxylic acids is 1. The molecule has 8 nitrogen and oxygen atoms in total. The number of phenolic OH excluding ortho intramolecular Hbond substituents is 1. The first-order chi connectivity index (χ1) is 9.42. The first kappa shape index (κ1) is 23.9. The molecule has 0 aliphatic rings. The van der Waals surface area contributed by atoms with E-state index in [1.165, 1.54) is 7.11 Å². The van der Waals surface area contributed by atoms with Crippen LogP contribution in [0.1, 0.15) is 0 Å². The molecular formula is C13H19O8-3. The molecule has 0 aliphatic heterocycles. The predicted octanol–water partition coefficient (Wildman–Crippen LogP) is -1.46. The number of hydrogen-bond acceptors (Lipinski definition) is 7. The summed E-state index contributed by atoms with van der Waals surface area (Å²) >= 11 is 0. The van der Waals surface area contributed by atoms with Crippen LogP contribution in [0.3, 0.4) is 0 Å².